The molecule has 0 aliphatic carbocycles. The number of hydrogen-bond acceptors (Lipinski definition) is 2. The fourth-order valence-electron chi connectivity index (χ4n) is 1.84. The molecule has 0 saturated heterocycles. The SMILES string of the molecule is C=CCOc1ccc(CNCc2ccccc2Br)cc1. The minimum absolute atomic E-state index is 0.541. The van der Waals surface area contributed by atoms with Gasteiger partial charge in [-0.05, 0) is 29.3 Å². The molecular formula is C17H18BrNO. The van der Waals surface area contributed by atoms with Crippen LogP contribution in [-0.2, 0) is 13.1 Å². The van der Waals surface area contributed by atoms with Crippen molar-refractivity contribution in [3.05, 3.63) is 76.8 Å². The summed E-state index contributed by atoms with van der Waals surface area (Å²) in [5, 5.41) is 3.43. The van der Waals surface area contributed by atoms with E-state index in [1.54, 1.807) is 6.08 Å². The van der Waals surface area contributed by atoms with Gasteiger partial charge in [0.1, 0.15) is 12.4 Å². The number of ether oxygens (including phenoxy) is 1. The Hall–Kier alpha value is -1.58. The molecule has 0 atom stereocenters. The Morgan fingerprint density at radius 1 is 1.05 bits per heavy atom. The summed E-state index contributed by atoms with van der Waals surface area (Å²) in [4.78, 5) is 0. The predicted octanol–water partition coefficient (Wildman–Crippen LogP) is 4.30. The highest BCUT2D eigenvalue weighted by Crippen LogP contribution is 2.16. The van der Waals surface area contributed by atoms with Crippen molar-refractivity contribution in [3.63, 3.8) is 0 Å². The first-order chi connectivity index (χ1) is 9.79. The third-order valence-corrected chi connectivity index (χ3v) is 3.67. The van der Waals surface area contributed by atoms with Gasteiger partial charge in [-0.15, -0.1) is 0 Å². The zero-order valence-electron chi connectivity index (χ0n) is 11.3. The van der Waals surface area contributed by atoms with Crippen LogP contribution in [0.3, 0.4) is 0 Å². The molecule has 0 aliphatic rings. The van der Waals surface area contributed by atoms with Gasteiger partial charge in [-0.1, -0.05) is 58.9 Å². The molecule has 0 fully saturated rings. The average Bonchev–Trinajstić information content (AvgIpc) is 2.48. The maximum atomic E-state index is 5.46. The lowest BCUT2D eigenvalue weighted by atomic mass is 10.2. The number of halogens is 1. The first kappa shape index (κ1) is 14.8. The molecule has 0 aromatic heterocycles. The maximum absolute atomic E-state index is 5.46. The Kier molecular flexibility index (Phi) is 5.84. The second kappa shape index (κ2) is 7.88. The van der Waals surface area contributed by atoms with Gasteiger partial charge in [-0.3, -0.25) is 0 Å². The number of rotatable bonds is 7. The number of nitrogens with one attached hydrogen (secondary N) is 1. The largest absolute Gasteiger partial charge is 0.490 e. The third-order valence-electron chi connectivity index (χ3n) is 2.89. The van der Waals surface area contributed by atoms with Gasteiger partial charge in [-0.25, -0.2) is 0 Å². The van der Waals surface area contributed by atoms with Crippen LogP contribution in [0.25, 0.3) is 0 Å². The average molecular weight is 332 g/mol. The number of benzene rings is 2. The van der Waals surface area contributed by atoms with E-state index in [1.165, 1.54) is 11.1 Å². The first-order valence-electron chi connectivity index (χ1n) is 6.56. The highest BCUT2D eigenvalue weighted by atomic mass is 79.9. The molecule has 2 rings (SSSR count). The van der Waals surface area contributed by atoms with Gasteiger partial charge in [0, 0.05) is 17.6 Å². The van der Waals surface area contributed by atoms with Gasteiger partial charge in [0.2, 0.25) is 0 Å². The van der Waals surface area contributed by atoms with Crippen LogP contribution in [0.4, 0.5) is 0 Å². The molecule has 104 valence electrons. The van der Waals surface area contributed by atoms with E-state index in [4.69, 9.17) is 4.74 Å². The van der Waals surface area contributed by atoms with Crippen LogP contribution >= 0.6 is 15.9 Å². The Balaban J connectivity index is 1.82. The van der Waals surface area contributed by atoms with E-state index in [2.05, 4.69) is 52.1 Å². The summed E-state index contributed by atoms with van der Waals surface area (Å²) >= 11 is 3.55. The summed E-state index contributed by atoms with van der Waals surface area (Å²) in [5.41, 5.74) is 2.50. The minimum atomic E-state index is 0.541. The quantitative estimate of drug-likeness (QED) is 0.763. The zero-order valence-corrected chi connectivity index (χ0v) is 12.9. The molecule has 0 unspecified atom stereocenters. The molecule has 2 aromatic carbocycles. The van der Waals surface area contributed by atoms with E-state index in [0.717, 1.165) is 23.3 Å². The molecule has 2 nitrogen and oxygen atoms in total. The molecule has 2 aromatic rings. The highest BCUT2D eigenvalue weighted by Gasteiger charge is 1.99. The summed E-state index contributed by atoms with van der Waals surface area (Å²) in [5.74, 6) is 0.874. The van der Waals surface area contributed by atoms with E-state index in [1.807, 2.05) is 24.3 Å². The van der Waals surface area contributed by atoms with E-state index in [9.17, 15) is 0 Å². The van der Waals surface area contributed by atoms with Crippen LogP contribution < -0.4 is 10.1 Å². The molecule has 0 amide bonds. The van der Waals surface area contributed by atoms with Gasteiger partial charge < -0.3 is 10.1 Å². The minimum Gasteiger partial charge on any atom is -0.490 e. The molecule has 0 spiro atoms. The molecule has 0 heterocycles. The second-order valence-corrected chi connectivity index (χ2v) is 5.29. The molecule has 3 heteroatoms. The van der Waals surface area contributed by atoms with Crippen molar-refractivity contribution in [2.45, 2.75) is 13.1 Å². The van der Waals surface area contributed by atoms with Crippen LogP contribution in [-0.4, -0.2) is 6.61 Å². The Morgan fingerprint density at radius 3 is 2.50 bits per heavy atom. The lowest BCUT2D eigenvalue weighted by Crippen LogP contribution is -2.12. The van der Waals surface area contributed by atoms with Crippen LogP contribution in [0.5, 0.6) is 5.75 Å². The molecular weight excluding hydrogens is 314 g/mol. The van der Waals surface area contributed by atoms with Gasteiger partial charge >= 0.3 is 0 Å². The lowest BCUT2D eigenvalue weighted by molar-refractivity contribution is 0.363. The summed E-state index contributed by atoms with van der Waals surface area (Å²) < 4.78 is 6.59. The number of hydrogen-bond donors (Lipinski definition) is 1. The normalized spacial score (nSPS) is 10.2. The maximum Gasteiger partial charge on any atom is 0.119 e. The summed E-state index contributed by atoms with van der Waals surface area (Å²) in [6, 6.07) is 16.4. The van der Waals surface area contributed by atoms with Crippen molar-refractivity contribution >= 4 is 15.9 Å². The van der Waals surface area contributed by atoms with Gasteiger partial charge in [0.05, 0.1) is 0 Å². The van der Waals surface area contributed by atoms with E-state index in [0.29, 0.717) is 6.61 Å². The van der Waals surface area contributed by atoms with Gasteiger partial charge in [0.15, 0.2) is 0 Å². The van der Waals surface area contributed by atoms with Crippen molar-refractivity contribution < 1.29 is 4.74 Å². The predicted molar refractivity (Wildman–Crippen MR) is 86.8 cm³/mol. The van der Waals surface area contributed by atoms with Crippen LogP contribution in [0.1, 0.15) is 11.1 Å². The highest BCUT2D eigenvalue weighted by molar-refractivity contribution is 9.10. The topological polar surface area (TPSA) is 21.3 Å². The van der Waals surface area contributed by atoms with Crippen molar-refractivity contribution in [2.75, 3.05) is 6.61 Å². The molecule has 0 aliphatic heterocycles. The molecule has 0 bridgehead atoms. The summed E-state index contributed by atoms with van der Waals surface area (Å²) in [7, 11) is 0. The first-order valence-corrected chi connectivity index (χ1v) is 7.35. The van der Waals surface area contributed by atoms with E-state index < -0.39 is 0 Å². The summed E-state index contributed by atoms with van der Waals surface area (Å²) in [6.07, 6.45) is 1.74. The van der Waals surface area contributed by atoms with Crippen molar-refractivity contribution in [1.82, 2.24) is 5.32 Å². The van der Waals surface area contributed by atoms with Crippen LogP contribution in [0.15, 0.2) is 65.7 Å². The van der Waals surface area contributed by atoms with Gasteiger partial charge in [-0.2, -0.15) is 0 Å². The second-order valence-electron chi connectivity index (χ2n) is 4.44. The smallest absolute Gasteiger partial charge is 0.119 e. The van der Waals surface area contributed by atoms with Crippen molar-refractivity contribution in [2.24, 2.45) is 0 Å². The Morgan fingerprint density at radius 2 is 1.80 bits per heavy atom. The van der Waals surface area contributed by atoms with Crippen LogP contribution in [0, 0.1) is 0 Å². The van der Waals surface area contributed by atoms with Crippen molar-refractivity contribution in [1.29, 1.82) is 0 Å². The molecule has 0 radical (unpaired) electrons. The summed E-state index contributed by atoms with van der Waals surface area (Å²) in [6.45, 7) is 5.85. The fourth-order valence-corrected chi connectivity index (χ4v) is 2.27. The van der Waals surface area contributed by atoms with E-state index in [-0.39, 0.29) is 0 Å². The third kappa shape index (κ3) is 4.51. The molecule has 1 N–H and O–H groups in total. The lowest BCUT2D eigenvalue weighted by Gasteiger charge is -2.08. The van der Waals surface area contributed by atoms with Crippen molar-refractivity contribution in [3.8, 4) is 5.75 Å². The fraction of sp³-hybridized carbons (Fsp3) is 0.176. The van der Waals surface area contributed by atoms with E-state index >= 15 is 0 Å². The van der Waals surface area contributed by atoms with Crippen LogP contribution in [0.2, 0.25) is 0 Å². The zero-order chi connectivity index (χ0) is 14.2. The monoisotopic (exact) mass is 331 g/mol. The Bertz CT molecular complexity index is 551. The standard InChI is InChI=1S/C17H18BrNO/c1-2-11-20-16-9-7-14(8-10-16)12-19-13-15-5-3-4-6-17(15)18/h2-10,19H,1,11-13H2. The molecule has 20 heavy (non-hydrogen) atoms. The Labute approximate surface area is 128 Å². The molecule has 0 saturated carbocycles. The van der Waals surface area contributed by atoms with Gasteiger partial charge in [0.25, 0.3) is 0 Å².